The van der Waals surface area contributed by atoms with Crippen molar-refractivity contribution in [2.24, 2.45) is 0 Å². The highest BCUT2D eigenvalue weighted by Crippen LogP contribution is 2.18. The molecule has 0 aliphatic rings. The molecule has 0 saturated heterocycles. The average Bonchev–Trinajstić information content (AvgIpc) is 2.41. The normalized spacial score (nSPS) is 10.3. The van der Waals surface area contributed by atoms with Crippen molar-refractivity contribution in [1.29, 1.82) is 0 Å². The summed E-state index contributed by atoms with van der Waals surface area (Å²) in [5.74, 6) is -1.18. The Labute approximate surface area is 117 Å². The van der Waals surface area contributed by atoms with Gasteiger partial charge in [0, 0.05) is 12.2 Å². The van der Waals surface area contributed by atoms with E-state index in [4.69, 9.17) is 5.11 Å². The van der Waals surface area contributed by atoms with Crippen LogP contribution in [0, 0.1) is 19.7 Å². The fourth-order valence-electron chi connectivity index (χ4n) is 1.96. The fraction of sp³-hybridized carbons (Fsp3) is 0.188. The van der Waals surface area contributed by atoms with Gasteiger partial charge >= 0.3 is 5.97 Å². The molecule has 3 nitrogen and oxygen atoms in total. The van der Waals surface area contributed by atoms with E-state index < -0.39 is 5.97 Å². The van der Waals surface area contributed by atoms with Gasteiger partial charge in [0.2, 0.25) is 0 Å². The molecule has 2 N–H and O–H groups in total. The molecule has 2 aromatic carbocycles. The van der Waals surface area contributed by atoms with Gasteiger partial charge in [-0.25, -0.2) is 9.18 Å². The minimum atomic E-state index is -0.953. The van der Waals surface area contributed by atoms with Crippen LogP contribution in [-0.4, -0.2) is 11.1 Å². The zero-order chi connectivity index (χ0) is 14.7. The van der Waals surface area contributed by atoms with E-state index in [-0.39, 0.29) is 11.4 Å². The number of aromatic carboxylic acids is 1. The Balaban J connectivity index is 2.15. The van der Waals surface area contributed by atoms with E-state index in [1.54, 1.807) is 37.3 Å². The Kier molecular flexibility index (Phi) is 4.03. The van der Waals surface area contributed by atoms with Crippen LogP contribution in [0.1, 0.15) is 27.0 Å². The average molecular weight is 273 g/mol. The van der Waals surface area contributed by atoms with E-state index >= 15 is 0 Å². The van der Waals surface area contributed by atoms with Gasteiger partial charge in [-0.1, -0.05) is 18.2 Å². The van der Waals surface area contributed by atoms with Crippen molar-refractivity contribution < 1.29 is 14.3 Å². The second kappa shape index (κ2) is 5.74. The molecule has 0 saturated carbocycles. The Hall–Kier alpha value is -2.36. The predicted molar refractivity (Wildman–Crippen MR) is 76.6 cm³/mol. The van der Waals surface area contributed by atoms with Crippen molar-refractivity contribution in [2.45, 2.75) is 20.4 Å². The largest absolute Gasteiger partial charge is 0.478 e. The highest BCUT2D eigenvalue weighted by Gasteiger charge is 2.06. The van der Waals surface area contributed by atoms with Crippen LogP contribution in [0.25, 0.3) is 0 Å². The van der Waals surface area contributed by atoms with Gasteiger partial charge in [-0.3, -0.25) is 0 Å². The maximum absolute atomic E-state index is 13.2. The van der Waals surface area contributed by atoms with Crippen LogP contribution >= 0.6 is 0 Å². The number of nitrogens with one attached hydrogen (secondary N) is 1. The molecule has 0 amide bonds. The highest BCUT2D eigenvalue weighted by molar-refractivity contribution is 5.89. The first-order chi connectivity index (χ1) is 9.47. The maximum atomic E-state index is 13.2. The summed E-state index contributed by atoms with van der Waals surface area (Å²) in [6.07, 6.45) is 0. The molecule has 104 valence electrons. The second-order valence-corrected chi connectivity index (χ2v) is 4.77. The summed E-state index contributed by atoms with van der Waals surface area (Å²) in [7, 11) is 0. The number of carbonyl (C=O) groups is 1. The number of benzene rings is 2. The number of carboxylic acids is 1. The molecule has 0 heterocycles. The van der Waals surface area contributed by atoms with Crippen molar-refractivity contribution in [3.8, 4) is 0 Å². The summed E-state index contributed by atoms with van der Waals surface area (Å²) in [6.45, 7) is 4.14. The molecule has 0 unspecified atom stereocenters. The standard InChI is InChI=1S/C16H16FNO2/c1-10-3-5-13(16(19)20)8-15(10)18-9-12-4-6-14(17)11(2)7-12/h3-8,18H,9H2,1-2H3,(H,19,20). The lowest BCUT2D eigenvalue weighted by molar-refractivity contribution is 0.0697. The molecule has 0 radical (unpaired) electrons. The summed E-state index contributed by atoms with van der Waals surface area (Å²) >= 11 is 0. The molecule has 0 bridgehead atoms. The first-order valence-electron chi connectivity index (χ1n) is 6.30. The number of rotatable bonds is 4. The van der Waals surface area contributed by atoms with E-state index in [1.165, 1.54) is 6.07 Å². The van der Waals surface area contributed by atoms with E-state index in [1.807, 2.05) is 6.92 Å². The minimum Gasteiger partial charge on any atom is -0.478 e. The summed E-state index contributed by atoms with van der Waals surface area (Å²) in [5.41, 5.74) is 3.53. The van der Waals surface area contributed by atoms with Crippen LogP contribution in [0.2, 0.25) is 0 Å². The molecule has 2 aromatic rings. The molecule has 20 heavy (non-hydrogen) atoms. The van der Waals surface area contributed by atoms with Gasteiger partial charge in [0.15, 0.2) is 0 Å². The highest BCUT2D eigenvalue weighted by atomic mass is 19.1. The number of halogens is 1. The van der Waals surface area contributed by atoms with Gasteiger partial charge in [0.05, 0.1) is 5.56 Å². The molecule has 0 aliphatic heterocycles. The van der Waals surface area contributed by atoms with E-state index in [2.05, 4.69) is 5.32 Å². The quantitative estimate of drug-likeness (QED) is 0.891. The third-order valence-electron chi connectivity index (χ3n) is 3.19. The van der Waals surface area contributed by atoms with Gasteiger partial charge in [0.1, 0.15) is 5.82 Å². The Morgan fingerprint density at radius 2 is 1.90 bits per heavy atom. The van der Waals surface area contributed by atoms with Crippen LogP contribution in [0.5, 0.6) is 0 Å². The number of anilines is 1. The fourth-order valence-corrected chi connectivity index (χ4v) is 1.96. The second-order valence-electron chi connectivity index (χ2n) is 4.77. The van der Waals surface area contributed by atoms with Crippen LogP contribution < -0.4 is 5.32 Å². The van der Waals surface area contributed by atoms with Crippen LogP contribution in [0.15, 0.2) is 36.4 Å². The number of hydrogen-bond acceptors (Lipinski definition) is 2. The molecular formula is C16H16FNO2. The molecular weight excluding hydrogens is 257 g/mol. The minimum absolute atomic E-state index is 0.224. The van der Waals surface area contributed by atoms with E-state index in [0.29, 0.717) is 12.1 Å². The van der Waals surface area contributed by atoms with Crippen LogP contribution in [0.3, 0.4) is 0 Å². The summed E-state index contributed by atoms with van der Waals surface area (Å²) < 4.78 is 13.2. The molecule has 0 atom stereocenters. The van der Waals surface area contributed by atoms with Gasteiger partial charge < -0.3 is 10.4 Å². The van der Waals surface area contributed by atoms with Gasteiger partial charge in [-0.15, -0.1) is 0 Å². The van der Waals surface area contributed by atoms with E-state index in [0.717, 1.165) is 16.8 Å². The Bertz CT molecular complexity index is 653. The lowest BCUT2D eigenvalue weighted by Gasteiger charge is -2.11. The first-order valence-corrected chi connectivity index (χ1v) is 6.30. The molecule has 4 heteroatoms. The van der Waals surface area contributed by atoms with Crippen molar-refractivity contribution in [3.05, 3.63) is 64.5 Å². The monoisotopic (exact) mass is 273 g/mol. The van der Waals surface area contributed by atoms with Crippen LogP contribution in [0.4, 0.5) is 10.1 Å². The van der Waals surface area contributed by atoms with Gasteiger partial charge in [-0.05, 0) is 48.7 Å². The predicted octanol–water partition coefficient (Wildman–Crippen LogP) is 3.75. The Morgan fingerprint density at radius 3 is 2.55 bits per heavy atom. The van der Waals surface area contributed by atoms with Crippen molar-refractivity contribution in [3.63, 3.8) is 0 Å². The first kappa shape index (κ1) is 14.1. The molecule has 0 aromatic heterocycles. The smallest absolute Gasteiger partial charge is 0.335 e. The third kappa shape index (κ3) is 3.15. The lowest BCUT2D eigenvalue weighted by Crippen LogP contribution is -2.04. The molecule has 0 spiro atoms. The lowest BCUT2D eigenvalue weighted by atomic mass is 10.1. The van der Waals surface area contributed by atoms with Crippen molar-refractivity contribution >= 4 is 11.7 Å². The molecule has 0 aliphatic carbocycles. The molecule has 0 fully saturated rings. The molecule has 2 rings (SSSR count). The Morgan fingerprint density at radius 1 is 1.15 bits per heavy atom. The maximum Gasteiger partial charge on any atom is 0.335 e. The van der Waals surface area contributed by atoms with E-state index in [9.17, 15) is 9.18 Å². The van der Waals surface area contributed by atoms with Gasteiger partial charge in [-0.2, -0.15) is 0 Å². The third-order valence-corrected chi connectivity index (χ3v) is 3.19. The SMILES string of the molecule is Cc1cc(CNc2cc(C(=O)O)ccc2C)ccc1F. The zero-order valence-corrected chi connectivity index (χ0v) is 11.4. The number of hydrogen-bond donors (Lipinski definition) is 2. The number of aryl methyl sites for hydroxylation is 2. The summed E-state index contributed by atoms with van der Waals surface area (Å²) in [4.78, 5) is 11.0. The summed E-state index contributed by atoms with van der Waals surface area (Å²) in [6, 6.07) is 9.87. The van der Waals surface area contributed by atoms with Crippen molar-refractivity contribution in [2.75, 3.05) is 5.32 Å². The van der Waals surface area contributed by atoms with Crippen molar-refractivity contribution in [1.82, 2.24) is 0 Å². The zero-order valence-electron chi connectivity index (χ0n) is 11.4. The topological polar surface area (TPSA) is 49.3 Å². The summed E-state index contributed by atoms with van der Waals surface area (Å²) in [5, 5.41) is 12.2. The number of carboxylic acid groups (broad SMARTS) is 1. The van der Waals surface area contributed by atoms with Crippen LogP contribution in [-0.2, 0) is 6.54 Å². The van der Waals surface area contributed by atoms with Gasteiger partial charge in [0.25, 0.3) is 0 Å².